The summed E-state index contributed by atoms with van der Waals surface area (Å²) in [4.78, 5) is 12.0. The molecule has 0 fully saturated rings. The van der Waals surface area contributed by atoms with Crippen LogP contribution < -0.4 is 15.8 Å². The Bertz CT molecular complexity index is 458. The average Bonchev–Trinajstić information content (AvgIpc) is 2.42. The number of ether oxygens (including phenoxy) is 1. The second kappa shape index (κ2) is 8.67. The van der Waals surface area contributed by atoms with Crippen LogP contribution in [0.3, 0.4) is 0 Å². The van der Waals surface area contributed by atoms with Crippen LogP contribution in [0.25, 0.3) is 0 Å². The summed E-state index contributed by atoms with van der Waals surface area (Å²) in [7, 11) is 0. The minimum Gasteiger partial charge on any atom is -0.480 e. The summed E-state index contributed by atoms with van der Waals surface area (Å²) < 4.78 is 5.90. The molecule has 0 saturated carbocycles. The fourth-order valence-corrected chi connectivity index (χ4v) is 2.15. The number of rotatable bonds is 8. The molecule has 2 unspecified atom stereocenters. The molecule has 118 valence electrons. The number of amides is 1. The molecule has 4 heteroatoms. The zero-order valence-electron chi connectivity index (χ0n) is 13.6. The van der Waals surface area contributed by atoms with Crippen LogP contribution in [0.15, 0.2) is 18.2 Å². The molecule has 0 aromatic heterocycles. The van der Waals surface area contributed by atoms with Crippen LogP contribution in [0.2, 0.25) is 0 Å². The molecule has 0 aliphatic rings. The number of carbonyl (C=O) groups excluding carboxylic acids is 1. The van der Waals surface area contributed by atoms with Crippen LogP contribution in [-0.4, -0.2) is 24.6 Å². The summed E-state index contributed by atoms with van der Waals surface area (Å²) in [6, 6.07) is 6.05. The second-order valence-corrected chi connectivity index (χ2v) is 5.65. The minimum absolute atomic E-state index is 0.0582. The first-order chi connectivity index (χ1) is 9.95. The maximum Gasteiger partial charge on any atom is 0.260 e. The zero-order chi connectivity index (χ0) is 15.8. The monoisotopic (exact) mass is 292 g/mol. The Morgan fingerprint density at radius 1 is 1.38 bits per heavy atom. The van der Waals surface area contributed by atoms with E-state index in [-0.39, 0.29) is 11.9 Å². The van der Waals surface area contributed by atoms with Gasteiger partial charge in [0, 0.05) is 12.6 Å². The molecule has 0 saturated heterocycles. The highest BCUT2D eigenvalue weighted by Gasteiger charge is 2.17. The van der Waals surface area contributed by atoms with E-state index in [1.165, 1.54) is 0 Å². The Balaban J connectivity index is 2.74. The van der Waals surface area contributed by atoms with Gasteiger partial charge in [-0.3, -0.25) is 4.79 Å². The van der Waals surface area contributed by atoms with E-state index in [4.69, 9.17) is 10.5 Å². The largest absolute Gasteiger partial charge is 0.480 e. The van der Waals surface area contributed by atoms with Crippen molar-refractivity contribution in [3.05, 3.63) is 29.3 Å². The number of benzene rings is 1. The van der Waals surface area contributed by atoms with Gasteiger partial charge in [0.15, 0.2) is 6.10 Å². The SMILES string of the molecule is CCCCNC(=O)C(C)Oc1c(C)cccc1CC(C)N. The van der Waals surface area contributed by atoms with E-state index < -0.39 is 6.10 Å². The molecule has 0 aliphatic carbocycles. The quantitative estimate of drug-likeness (QED) is 0.724. The minimum atomic E-state index is -0.505. The molecular weight excluding hydrogens is 264 g/mol. The van der Waals surface area contributed by atoms with E-state index in [0.717, 1.165) is 36.1 Å². The lowest BCUT2D eigenvalue weighted by Gasteiger charge is -2.20. The molecule has 1 amide bonds. The third kappa shape index (κ3) is 5.76. The summed E-state index contributed by atoms with van der Waals surface area (Å²) in [5.74, 6) is 0.714. The van der Waals surface area contributed by atoms with Gasteiger partial charge in [-0.25, -0.2) is 0 Å². The second-order valence-electron chi connectivity index (χ2n) is 5.65. The summed E-state index contributed by atoms with van der Waals surface area (Å²) in [5.41, 5.74) is 7.96. The number of nitrogens with two attached hydrogens (primary N) is 1. The molecular formula is C17H28N2O2. The Morgan fingerprint density at radius 2 is 2.10 bits per heavy atom. The standard InChI is InChI=1S/C17H28N2O2/c1-5-6-10-19-17(20)14(4)21-16-12(2)8-7-9-15(16)11-13(3)18/h7-9,13-14H,5-6,10-11,18H2,1-4H3,(H,19,20). The summed E-state index contributed by atoms with van der Waals surface area (Å²) in [6.07, 6.45) is 2.28. The van der Waals surface area contributed by atoms with Crippen LogP contribution in [0.1, 0.15) is 44.7 Å². The normalized spacial score (nSPS) is 13.6. The molecule has 0 spiro atoms. The van der Waals surface area contributed by atoms with E-state index >= 15 is 0 Å². The number of carbonyl (C=O) groups is 1. The lowest BCUT2D eigenvalue weighted by Crippen LogP contribution is -2.37. The van der Waals surface area contributed by atoms with Crippen molar-refractivity contribution in [1.29, 1.82) is 0 Å². The number of para-hydroxylation sites is 1. The Morgan fingerprint density at radius 3 is 2.71 bits per heavy atom. The summed E-state index contributed by atoms with van der Waals surface area (Å²) in [5, 5.41) is 2.89. The first kappa shape index (κ1) is 17.5. The van der Waals surface area contributed by atoms with Crippen LogP contribution in [-0.2, 0) is 11.2 Å². The molecule has 1 aromatic carbocycles. The van der Waals surface area contributed by atoms with E-state index in [2.05, 4.69) is 12.2 Å². The van der Waals surface area contributed by atoms with Crippen molar-refractivity contribution in [1.82, 2.24) is 5.32 Å². The summed E-state index contributed by atoms with van der Waals surface area (Å²) >= 11 is 0. The van der Waals surface area contributed by atoms with E-state index in [9.17, 15) is 4.79 Å². The van der Waals surface area contributed by atoms with Crippen molar-refractivity contribution in [2.75, 3.05) is 6.54 Å². The molecule has 4 nitrogen and oxygen atoms in total. The topological polar surface area (TPSA) is 64.3 Å². The maximum absolute atomic E-state index is 12.0. The summed E-state index contributed by atoms with van der Waals surface area (Å²) in [6.45, 7) is 8.53. The number of hydrogen-bond acceptors (Lipinski definition) is 3. The van der Waals surface area contributed by atoms with Crippen molar-refractivity contribution in [2.24, 2.45) is 5.73 Å². The van der Waals surface area contributed by atoms with Crippen LogP contribution >= 0.6 is 0 Å². The zero-order valence-corrected chi connectivity index (χ0v) is 13.6. The van der Waals surface area contributed by atoms with Crippen LogP contribution in [0.4, 0.5) is 0 Å². The van der Waals surface area contributed by atoms with Crippen LogP contribution in [0, 0.1) is 6.92 Å². The van der Waals surface area contributed by atoms with Gasteiger partial charge in [-0.05, 0) is 44.7 Å². The first-order valence-electron chi connectivity index (χ1n) is 7.74. The predicted molar refractivity (Wildman–Crippen MR) is 86.5 cm³/mol. The molecule has 3 N–H and O–H groups in total. The fourth-order valence-electron chi connectivity index (χ4n) is 2.15. The highest BCUT2D eigenvalue weighted by atomic mass is 16.5. The fraction of sp³-hybridized carbons (Fsp3) is 0.588. The smallest absolute Gasteiger partial charge is 0.260 e. The van der Waals surface area contributed by atoms with Crippen molar-refractivity contribution in [3.8, 4) is 5.75 Å². The number of hydrogen-bond donors (Lipinski definition) is 2. The third-order valence-electron chi connectivity index (χ3n) is 3.33. The van der Waals surface area contributed by atoms with E-state index in [1.54, 1.807) is 6.92 Å². The predicted octanol–water partition coefficient (Wildman–Crippen LogP) is 2.57. The van der Waals surface area contributed by atoms with E-state index in [1.807, 2.05) is 32.0 Å². The Hall–Kier alpha value is -1.55. The Labute approximate surface area is 128 Å². The molecule has 1 aromatic rings. The molecule has 1 rings (SSSR count). The van der Waals surface area contributed by atoms with Gasteiger partial charge in [-0.15, -0.1) is 0 Å². The lowest BCUT2D eigenvalue weighted by atomic mass is 10.0. The molecule has 0 bridgehead atoms. The number of unbranched alkanes of at least 4 members (excludes halogenated alkanes) is 1. The molecule has 0 heterocycles. The Kier molecular flexibility index (Phi) is 7.23. The van der Waals surface area contributed by atoms with Gasteiger partial charge in [-0.2, -0.15) is 0 Å². The molecule has 2 atom stereocenters. The van der Waals surface area contributed by atoms with Crippen molar-refractivity contribution < 1.29 is 9.53 Å². The third-order valence-corrected chi connectivity index (χ3v) is 3.33. The van der Waals surface area contributed by atoms with Crippen molar-refractivity contribution >= 4 is 5.91 Å². The number of nitrogens with one attached hydrogen (secondary N) is 1. The average molecular weight is 292 g/mol. The first-order valence-corrected chi connectivity index (χ1v) is 7.74. The van der Waals surface area contributed by atoms with Gasteiger partial charge >= 0.3 is 0 Å². The van der Waals surface area contributed by atoms with Gasteiger partial charge in [-0.1, -0.05) is 31.5 Å². The van der Waals surface area contributed by atoms with Crippen LogP contribution in [0.5, 0.6) is 5.75 Å². The maximum atomic E-state index is 12.0. The lowest BCUT2D eigenvalue weighted by molar-refractivity contribution is -0.127. The highest BCUT2D eigenvalue weighted by Crippen LogP contribution is 2.25. The van der Waals surface area contributed by atoms with Crippen molar-refractivity contribution in [3.63, 3.8) is 0 Å². The molecule has 0 radical (unpaired) electrons. The molecule has 21 heavy (non-hydrogen) atoms. The van der Waals surface area contributed by atoms with Gasteiger partial charge < -0.3 is 15.8 Å². The van der Waals surface area contributed by atoms with Gasteiger partial charge in [0.05, 0.1) is 0 Å². The van der Waals surface area contributed by atoms with Gasteiger partial charge in [0.25, 0.3) is 5.91 Å². The highest BCUT2D eigenvalue weighted by molar-refractivity contribution is 5.80. The van der Waals surface area contributed by atoms with Gasteiger partial charge in [0.1, 0.15) is 5.75 Å². The van der Waals surface area contributed by atoms with E-state index in [0.29, 0.717) is 6.54 Å². The number of aryl methyl sites for hydroxylation is 1. The molecule has 0 aliphatic heterocycles. The van der Waals surface area contributed by atoms with Gasteiger partial charge in [0.2, 0.25) is 0 Å². The van der Waals surface area contributed by atoms with Crippen molar-refractivity contribution in [2.45, 2.75) is 59.1 Å².